The minimum absolute atomic E-state index is 0.265. The first-order chi connectivity index (χ1) is 7.45. The summed E-state index contributed by atoms with van der Waals surface area (Å²) >= 11 is 0. The largest absolute Gasteiger partial charge is 0.372 e. The molecule has 4 heteroatoms. The van der Waals surface area contributed by atoms with E-state index in [0.717, 1.165) is 31.8 Å². The molecule has 0 saturated carbocycles. The van der Waals surface area contributed by atoms with Crippen molar-refractivity contribution in [3.05, 3.63) is 11.3 Å². The van der Waals surface area contributed by atoms with Crippen LogP contribution in [0.25, 0.3) is 0 Å². The molecular formula is C11H17N3O. The fourth-order valence-corrected chi connectivity index (χ4v) is 2.48. The monoisotopic (exact) mass is 207 g/mol. The number of nitrogens with zero attached hydrogens (tertiary/aromatic N) is 1. The van der Waals surface area contributed by atoms with E-state index in [2.05, 4.69) is 15.5 Å². The molecule has 0 spiro atoms. The maximum absolute atomic E-state index is 5.71. The zero-order valence-electron chi connectivity index (χ0n) is 8.88. The van der Waals surface area contributed by atoms with Crippen LogP contribution in [0.2, 0.25) is 0 Å². The predicted molar refractivity (Wildman–Crippen MR) is 57.9 cm³/mol. The third-order valence-electron chi connectivity index (χ3n) is 3.30. The lowest BCUT2D eigenvalue weighted by molar-refractivity contribution is 0.108. The van der Waals surface area contributed by atoms with E-state index in [0.29, 0.717) is 0 Å². The van der Waals surface area contributed by atoms with Crippen molar-refractivity contribution >= 4 is 5.82 Å². The van der Waals surface area contributed by atoms with E-state index in [-0.39, 0.29) is 6.10 Å². The molecule has 0 bridgehead atoms. The van der Waals surface area contributed by atoms with Crippen LogP contribution in [-0.4, -0.2) is 23.3 Å². The molecule has 0 radical (unpaired) electrons. The van der Waals surface area contributed by atoms with Gasteiger partial charge in [0.05, 0.1) is 11.8 Å². The van der Waals surface area contributed by atoms with Crippen LogP contribution in [0.3, 0.4) is 0 Å². The number of hydrogen-bond acceptors (Lipinski definition) is 3. The predicted octanol–water partition coefficient (Wildman–Crippen LogP) is 2.01. The Labute approximate surface area is 89.4 Å². The van der Waals surface area contributed by atoms with Crippen molar-refractivity contribution in [2.75, 3.05) is 18.5 Å². The first-order valence-electron chi connectivity index (χ1n) is 5.88. The minimum atomic E-state index is 0.265. The van der Waals surface area contributed by atoms with Crippen molar-refractivity contribution in [1.82, 2.24) is 10.2 Å². The lowest BCUT2D eigenvalue weighted by Gasteiger charge is -2.09. The van der Waals surface area contributed by atoms with E-state index in [1.165, 1.54) is 30.5 Å². The third kappa shape index (κ3) is 1.63. The van der Waals surface area contributed by atoms with Gasteiger partial charge in [0.25, 0.3) is 0 Å². The number of anilines is 1. The second-order valence-corrected chi connectivity index (χ2v) is 4.35. The molecule has 0 aliphatic carbocycles. The summed E-state index contributed by atoms with van der Waals surface area (Å²) in [6.07, 6.45) is 6.19. The number of H-pyrrole nitrogens is 1. The van der Waals surface area contributed by atoms with Crippen LogP contribution < -0.4 is 5.32 Å². The van der Waals surface area contributed by atoms with E-state index in [1.807, 2.05) is 0 Å². The van der Waals surface area contributed by atoms with E-state index in [1.54, 1.807) is 0 Å². The highest BCUT2D eigenvalue weighted by Gasteiger charge is 2.25. The topological polar surface area (TPSA) is 49.9 Å². The fraction of sp³-hybridized carbons (Fsp3) is 0.727. The Bertz CT molecular complexity index is 342. The van der Waals surface area contributed by atoms with Gasteiger partial charge in [-0.1, -0.05) is 0 Å². The van der Waals surface area contributed by atoms with Crippen LogP contribution in [0.5, 0.6) is 0 Å². The molecule has 0 amide bonds. The number of rotatable bonds is 1. The van der Waals surface area contributed by atoms with Crippen LogP contribution in [-0.2, 0) is 11.2 Å². The summed E-state index contributed by atoms with van der Waals surface area (Å²) in [4.78, 5) is 0. The van der Waals surface area contributed by atoms with Gasteiger partial charge in [-0.3, -0.25) is 5.10 Å². The zero-order chi connectivity index (χ0) is 10.1. The van der Waals surface area contributed by atoms with Gasteiger partial charge in [0.2, 0.25) is 0 Å². The Hall–Kier alpha value is -1.03. The molecule has 15 heavy (non-hydrogen) atoms. The molecule has 1 aromatic rings. The van der Waals surface area contributed by atoms with Gasteiger partial charge in [0, 0.05) is 18.7 Å². The van der Waals surface area contributed by atoms with Crippen LogP contribution in [0.15, 0.2) is 0 Å². The van der Waals surface area contributed by atoms with Crippen molar-refractivity contribution in [1.29, 1.82) is 0 Å². The van der Waals surface area contributed by atoms with Gasteiger partial charge in [-0.15, -0.1) is 0 Å². The molecule has 4 nitrogen and oxygen atoms in total. The van der Waals surface area contributed by atoms with Crippen molar-refractivity contribution in [3.63, 3.8) is 0 Å². The van der Waals surface area contributed by atoms with Gasteiger partial charge in [-0.2, -0.15) is 5.10 Å². The number of aromatic amines is 1. The Morgan fingerprint density at radius 3 is 3.13 bits per heavy atom. The number of aromatic nitrogens is 2. The third-order valence-corrected chi connectivity index (χ3v) is 3.30. The number of ether oxygens (including phenoxy) is 1. The minimum Gasteiger partial charge on any atom is -0.372 e. The molecule has 2 aliphatic heterocycles. The van der Waals surface area contributed by atoms with Gasteiger partial charge < -0.3 is 10.1 Å². The summed E-state index contributed by atoms with van der Waals surface area (Å²) in [5.41, 5.74) is 2.58. The number of nitrogens with one attached hydrogen (secondary N) is 2. The molecule has 82 valence electrons. The summed E-state index contributed by atoms with van der Waals surface area (Å²) in [6.45, 7) is 1.94. The Morgan fingerprint density at radius 1 is 1.27 bits per heavy atom. The molecule has 3 heterocycles. The second-order valence-electron chi connectivity index (χ2n) is 4.35. The zero-order valence-corrected chi connectivity index (χ0v) is 8.88. The van der Waals surface area contributed by atoms with Gasteiger partial charge >= 0.3 is 0 Å². The quantitative estimate of drug-likeness (QED) is 0.740. The van der Waals surface area contributed by atoms with Crippen molar-refractivity contribution in [2.45, 2.75) is 38.2 Å². The number of fused-ring (bicyclic) bond motifs is 1. The van der Waals surface area contributed by atoms with Gasteiger partial charge in [-0.05, 0) is 32.1 Å². The summed E-state index contributed by atoms with van der Waals surface area (Å²) in [7, 11) is 0. The smallest absolute Gasteiger partial charge is 0.151 e. The SMILES string of the molecule is C1CCc2c(n[nH]c2C2CCCO2)NC1. The molecule has 3 rings (SSSR count). The second kappa shape index (κ2) is 3.85. The van der Waals surface area contributed by atoms with Crippen LogP contribution in [0, 0.1) is 0 Å². The Balaban J connectivity index is 1.91. The lowest BCUT2D eigenvalue weighted by Crippen LogP contribution is -2.01. The highest BCUT2D eigenvalue weighted by Crippen LogP contribution is 2.33. The molecular weight excluding hydrogens is 190 g/mol. The summed E-state index contributed by atoms with van der Waals surface area (Å²) < 4.78 is 5.71. The average molecular weight is 207 g/mol. The van der Waals surface area contributed by atoms with Gasteiger partial charge in [0.1, 0.15) is 0 Å². The van der Waals surface area contributed by atoms with Gasteiger partial charge in [0.15, 0.2) is 5.82 Å². The fourth-order valence-electron chi connectivity index (χ4n) is 2.48. The van der Waals surface area contributed by atoms with Crippen LogP contribution in [0.1, 0.15) is 43.0 Å². The summed E-state index contributed by atoms with van der Waals surface area (Å²) in [5, 5.41) is 10.9. The molecule has 1 atom stereocenters. The highest BCUT2D eigenvalue weighted by atomic mass is 16.5. The van der Waals surface area contributed by atoms with Crippen molar-refractivity contribution in [3.8, 4) is 0 Å². The van der Waals surface area contributed by atoms with Gasteiger partial charge in [-0.25, -0.2) is 0 Å². The summed E-state index contributed by atoms with van der Waals surface area (Å²) in [6, 6.07) is 0. The van der Waals surface area contributed by atoms with E-state index in [4.69, 9.17) is 4.74 Å². The molecule has 2 N–H and O–H groups in total. The lowest BCUT2D eigenvalue weighted by atomic mass is 10.0. The Morgan fingerprint density at radius 2 is 2.27 bits per heavy atom. The van der Waals surface area contributed by atoms with Crippen molar-refractivity contribution < 1.29 is 4.74 Å². The molecule has 1 fully saturated rings. The van der Waals surface area contributed by atoms with Crippen LogP contribution >= 0.6 is 0 Å². The maximum atomic E-state index is 5.71. The number of hydrogen-bond donors (Lipinski definition) is 2. The Kier molecular flexibility index (Phi) is 2.37. The molecule has 1 saturated heterocycles. The molecule has 2 aliphatic rings. The summed E-state index contributed by atoms with van der Waals surface area (Å²) in [5.74, 6) is 1.05. The average Bonchev–Trinajstić information content (AvgIpc) is 2.83. The standard InChI is InChI=1S/C11H17N3O/c1-2-6-12-11-8(4-1)10(13-14-11)9-5-3-7-15-9/h9H,1-7H2,(H2,12,13,14). The van der Waals surface area contributed by atoms with E-state index < -0.39 is 0 Å². The molecule has 1 aromatic heterocycles. The highest BCUT2D eigenvalue weighted by molar-refractivity contribution is 5.48. The van der Waals surface area contributed by atoms with Crippen LogP contribution in [0.4, 0.5) is 5.82 Å². The van der Waals surface area contributed by atoms with E-state index >= 15 is 0 Å². The first kappa shape index (κ1) is 9.21. The maximum Gasteiger partial charge on any atom is 0.151 e. The van der Waals surface area contributed by atoms with E-state index in [9.17, 15) is 0 Å². The molecule has 0 aromatic carbocycles. The first-order valence-corrected chi connectivity index (χ1v) is 5.88. The van der Waals surface area contributed by atoms with Crippen molar-refractivity contribution in [2.24, 2.45) is 0 Å². The normalized spacial score (nSPS) is 25.7. The molecule has 1 unspecified atom stereocenters.